The molecule has 0 atom stereocenters. The van der Waals surface area contributed by atoms with Crippen LogP contribution in [0.2, 0.25) is 0 Å². The minimum absolute atomic E-state index is 0.307. The van der Waals surface area contributed by atoms with Gasteiger partial charge in [0.25, 0.3) is 11.8 Å². The van der Waals surface area contributed by atoms with E-state index in [1.165, 1.54) is 4.68 Å². The predicted octanol–water partition coefficient (Wildman–Crippen LogP) is 2.96. The topological polar surface area (TPSA) is 97.2 Å². The molecule has 152 valence electrons. The molecule has 0 saturated heterocycles. The van der Waals surface area contributed by atoms with Crippen LogP contribution in [0.25, 0.3) is 16.7 Å². The summed E-state index contributed by atoms with van der Waals surface area (Å²) in [6, 6.07) is 19.7. The first kappa shape index (κ1) is 18.7. The third-order valence-corrected chi connectivity index (χ3v) is 5.08. The van der Waals surface area contributed by atoms with Gasteiger partial charge >= 0.3 is 0 Å². The van der Waals surface area contributed by atoms with E-state index in [9.17, 15) is 14.4 Å². The number of aryl methyl sites for hydroxylation is 1. The molecule has 2 aromatic carbocycles. The van der Waals surface area contributed by atoms with E-state index in [0.29, 0.717) is 28.5 Å². The third kappa shape index (κ3) is 3.24. The first-order valence-electron chi connectivity index (χ1n) is 9.69. The van der Waals surface area contributed by atoms with E-state index in [2.05, 4.69) is 15.4 Å². The maximum Gasteiger partial charge on any atom is 0.262 e. The summed E-state index contributed by atoms with van der Waals surface area (Å²) in [5.74, 6) is -0.505. The summed E-state index contributed by atoms with van der Waals surface area (Å²) in [4.78, 5) is 43.3. The van der Waals surface area contributed by atoms with E-state index in [1.807, 2.05) is 36.4 Å². The number of imide groups is 1. The fraction of sp³-hybridized carbons (Fsp3) is 0.0870. The number of pyridine rings is 1. The summed E-state index contributed by atoms with van der Waals surface area (Å²) >= 11 is 0. The lowest BCUT2D eigenvalue weighted by Gasteiger charge is -2.14. The van der Waals surface area contributed by atoms with Crippen molar-refractivity contribution in [1.29, 1.82) is 0 Å². The standard InChI is InChI=1S/C23H17N5O3/c1-14-12-20(28(26-14)19-11-10-15-6-2-5-9-18(15)24-19)25-21(29)13-27-22(30)16-7-3-4-8-17(16)23(27)31/h2-12H,13H2,1H3,(H,25,29). The number of fused-ring (bicyclic) bond motifs is 2. The largest absolute Gasteiger partial charge is 0.309 e. The summed E-state index contributed by atoms with van der Waals surface area (Å²) < 4.78 is 1.53. The Morgan fingerprint density at radius 1 is 0.935 bits per heavy atom. The van der Waals surface area contributed by atoms with Gasteiger partial charge in [0.1, 0.15) is 12.4 Å². The number of anilines is 1. The second kappa shape index (κ2) is 7.17. The molecule has 0 bridgehead atoms. The molecule has 1 aliphatic rings. The van der Waals surface area contributed by atoms with Gasteiger partial charge in [0.15, 0.2) is 5.82 Å². The van der Waals surface area contributed by atoms with E-state index in [0.717, 1.165) is 15.8 Å². The average molecular weight is 411 g/mol. The van der Waals surface area contributed by atoms with Crippen molar-refractivity contribution in [2.75, 3.05) is 11.9 Å². The van der Waals surface area contributed by atoms with Crippen molar-refractivity contribution < 1.29 is 14.4 Å². The van der Waals surface area contributed by atoms with Crippen LogP contribution in [0.15, 0.2) is 66.7 Å². The van der Waals surface area contributed by atoms with E-state index >= 15 is 0 Å². The Kier molecular flexibility index (Phi) is 4.32. The monoisotopic (exact) mass is 411 g/mol. The van der Waals surface area contributed by atoms with Gasteiger partial charge in [0.2, 0.25) is 5.91 Å². The minimum Gasteiger partial charge on any atom is -0.309 e. The molecule has 0 saturated carbocycles. The van der Waals surface area contributed by atoms with Crippen LogP contribution >= 0.6 is 0 Å². The highest BCUT2D eigenvalue weighted by Crippen LogP contribution is 2.23. The molecule has 1 aliphatic heterocycles. The van der Waals surface area contributed by atoms with Crippen LogP contribution in [0.1, 0.15) is 26.4 Å². The van der Waals surface area contributed by atoms with Gasteiger partial charge in [-0.25, -0.2) is 4.98 Å². The van der Waals surface area contributed by atoms with E-state index < -0.39 is 17.7 Å². The second-order valence-corrected chi connectivity index (χ2v) is 7.24. The van der Waals surface area contributed by atoms with Crippen LogP contribution in [0.3, 0.4) is 0 Å². The number of rotatable bonds is 4. The number of benzene rings is 2. The molecule has 8 heteroatoms. The third-order valence-electron chi connectivity index (χ3n) is 5.08. The molecule has 0 radical (unpaired) electrons. The normalized spacial score (nSPS) is 13.0. The van der Waals surface area contributed by atoms with Gasteiger partial charge in [-0.3, -0.25) is 19.3 Å². The zero-order valence-corrected chi connectivity index (χ0v) is 16.6. The maximum atomic E-state index is 12.7. The Hall–Kier alpha value is -4.33. The van der Waals surface area contributed by atoms with Crippen molar-refractivity contribution in [2.24, 2.45) is 0 Å². The van der Waals surface area contributed by atoms with E-state index in [1.54, 1.807) is 37.3 Å². The van der Waals surface area contributed by atoms with E-state index in [-0.39, 0.29) is 6.54 Å². The zero-order chi connectivity index (χ0) is 21.5. The van der Waals surface area contributed by atoms with Crippen molar-refractivity contribution >= 4 is 34.4 Å². The highest BCUT2D eigenvalue weighted by Gasteiger charge is 2.36. The minimum atomic E-state index is -0.503. The summed E-state index contributed by atoms with van der Waals surface area (Å²) in [6.45, 7) is 1.42. The number of hydrogen-bond acceptors (Lipinski definition) is 5. The quantitative estimate of drug-likeness (QED) is 0.521. The molecule has 3 heterocycles. The number of para-hydroxylation sites is 1. The summed E-state index contributed by atoms with van der Waals surface area (Å²) in [7, 11) is 0. The lowest BCUT2D eigenvalue weighted by molar-refractivity contribution is -0.116. The van der Waals surface area contributed by atoms with Gasteiger partial charge in [-0.15, -0.1) is 0 Å². The van der Waals surface area contributed by atoms with Crippen LogP contribution in [0.4, 0.5) is 5.82 Å². The van der Waals surface area contributed by atoms with Crippen molar-refractivity contribution in [3.8, 4) is 5.82 Å². The average Bonchev–Trinajstić information content (AvgIpc) is 3.26. The SMILES string of the molecule is Cc1cc(NC(=O)CN2C(=O)c3ccccc3C2=O)n(-c2ccc3ccccc3n2)n1. The Morgan fingerprint density at radius 2 is 1.61 bits per heavy atom. The molecule has 0 fully saturated rings. The number of carbonyl (C=O) groups excluding carboxylic acids is 3. The van der Waals surface area contributed by atoms with Gasteiger partial charge in [0.05, 0.1) is 22.3 Å². The number of amides is 3. The van der Waals surface area contributed by atoms with Gasteiger partial charge < -0.3 is 5.32 Å². The van der Waals surface area contributed by atoms with Crippen LogP contribution in [-0.4, -0.2) is 43.9 Å². The fourth-order valence-electron chi connectivity index (χ4n) is 3.65. The first-order valence-corrected chi connectivity index (χ1v) is 9.69. The number of nitrogens with one attached hydrogen (secondary N) is 1. The van der Waals surface area contributed by atoms with Gasteiger partial charge in [-0.05, 0) is 37.3 Å². The molecule has 5 rings (SSSR count). The number of hydrogen-bond donors (Lipinski definition) is 1. The maximum absolute atomic E-state index is 12.7. The van der Waals surface area contributed by atoms with E-state index in [4.69, 9.17) is 0 Å². The molecular formula is C23H17N5O3. The Morgan fingerprint density at radius 3 is 2.35 bits per heavy atom. The second-order valence-electron chi connectivity index (χ2n) is 7.24. The van der Waals surface area contributed by atoms with Crippen molar-refractivity contribution in [3.63, 3.8) is 0 Å². The van der Waals surface area contributed by atoms with Gasteiger partial charge in [-0.2, -0.15) is 9.78 Å². The molecular weight excluding hydrogens is 394 g/mol. The predicted molar refractivity (Wildman–Crippen MR) is 114 cm³/mol. The van der Waals surface area contributed by atoms with Crippen LogP contribution < -0.4 is 5.32 Å². The number of carbonyl (C=O) groups is 3. The van der Waals surface area contributed by atoms with Crippen LogP contribution in [-0.2, 0) is 4.79 Å². The van der Waals surface area contributed by atoms with Crippen LogP contribution in [0, 0.1) is 6.92 Å². The molecule has 0 spiro atoms. The summed E-state index contributed by atoms with van der Waals surface area (Å²) in [5.41, 5.74) is 2.10. The molecule has 4 aromatic rings. The fourth-order valence-corrected chi connectivity index (χ4v) is 3.65. The molecule has 1 N–H and O–H groups in total. The van der Waals surface area contributed by atoms with Crippen molar-refractivity contribution in [1.82, 2.24) is 19.7 Å². The Balaban J connectivity index is 1.39. The molecule has 2 aromatic heterocycles. The smallest absolute Gasteiger partial charge is 0.262 e. The Labute approximate surface area is 177 Å². The van der Waals surface area contributed by atoms with Crippen LogP contribution in [0.5, 0.6) is 0 Å². The summed E-state index contributed by atoms with van der Waals surface area (Å²) in [6.07, 6.45) is 0. The Bertz CT molecular complexity index is 1340. The highest BCUT2D eigenvalue weighted by atomic mass is 16.2. The zero-order valence-electron chi connectivity index (χ0n) is 16.6. The number of nitrogens with zero attached hydrogens (tertiary/aromatic N) is 4. The molecule has 0 unspecified atom stereocenters. The van der Waals surface area contributed by atoms with Crippen molar-refractivity contribution in [3.05, 3.63) is 83.6 Å². The highest BCUT2D eigenvalue weighted by molar-refractivity contribution is 6.22. The summed E-state index contributed by atoms with van der Waals surface area (Å²) in [5, 5.41) is 8.17. The number of aromatic nitrogens is 3. The lowest BCUT2D eigenvalue weighted by atomic mass is 10.1. The lowest BCUT2D eigenvalue weighted by Crippen LogP contribution is -2.37. The molecule has 0 aliphatic carbocycles. The molecule has 8 nitrogen and oxygen atoms in total. The molecule has 3 amide bonds. The first-order chi connectivity index (χ1) is 15.0. The van der Waals surface area contributed by atoms with Crippen molar-refractivity contribution in [2.45, 2.75) is 6.92 Å². The van der Waals surface area contributed by atoms with Gasteiger partial charge in [0, 0.05) is 11.5 Å². The molecule has 31 heavy (non-hydrogen) atoms. The van der Waals surface area contributed by atoms with Gasteiger partial charge in [-0.1, -0.05) is 30.3 Å².